The van der Waals surface area contributed by atoms with Gasteiger partial charge in [-0.2, -0.15) is 57.1 Å². The lowest BCUT2D eigenvalue weighted by atomic mass is 9.94. The fourth-order valence-corrected chi connectivity index (χ4v) is 1.44. The molecule has 1 aromatic rings. The summed E-state index contributed by atoms with van der Waals surface area (Å²) in [6.07, 6.45) is -5.73. The van der Waals surface area contributed by atoms with Crippen LogP contribution in [0.25, 0.3) is 0 Å². The molecule has 0 unspecified atom stereocenters. The maximum absolute atomic E-state index is 13.3. The third kappa shape index (κ3) is 3.51. The molecule has 0 spiro atoms. The van der Waals surface area contributed by atoms with Gasteiger partial charge in [0, 0.05) is 18.0 Å². The van der Waals surface area contributed by atoms with Gasteiger partial charge in [0.15, 0.2) is 0 Å². The molecule has 27 heavy (non-hydrogen) atoms. The van der Waals surface area contributed by atoms with Crippen LogP contribution in [0.5, 0.6) is 0 Å². The molecule has 0 N–H and O–H groups in total. The van der Waals surface area contributed by atoms with Crippen molar-refractivity contribution in [3.05, 3.63) is 30.1 Å². The summed E-state index contributed by atoms with van der Waals surface area (Å²) in [6, 6.07) is 1.87. The molecule has 1 aromatic heterocycles. The van der Waals surface area contributed by atoms with Gasteiger partial charge in [-0.3, -0.25) is 4.98 Å². The van der Waals surface area contributed by atoms with Crippen molar-refractivity contribution in [2.24, 2.45) is 0 Å². The minimum Gasteiger partial charge on any atom is -0.263 e. The Hall–Kier alpha value is -2.20. The van der Waals surface area contributed by atoms with Crippen LogP contribution in [-0.4, -0.2) is 40.8 Å². The average Bonchev–Trinajstić information content (AvgIpc) is 2.52. The lowest BCUT2D eigenvalue weighted by Gasteiger charge is -2.38. The molecule has 0 aliphatic carbocycles. The third-order valence-electron chi connectivity index (χ3n) is 2.96. The first-order chi connectivity index (χ1) is 11.8. The fourth-order valence-electron chi connectivity index (χ4n) is 1.44. The van der Waals surface area contributed by atoms with Crippen molar-refractivity contribution in [3.63, 3.8) is 0 Å². The maximum atomic E-state index is 13.3. The van der Waals surface area contributed by atoms with Crippen molar-refractivity contribution >= 4 is 0 Å². The van der Waals surface area contributed by atoms with E-state index in [-0.39, 0.29) is 5.92 Å². The van der Waals surface area contributed by atoms with E-state index < -0.39 is 41.4 Å². The van der Waals surface area contributed by atoms with Crippen LogP contribution in [-0.2, 0) is 0 Å². The number of halogens is 13. The summed E-state index contributed by atoms with van der Waals surface area (Å²) in [6.45, 7) is 0. The van der Waals surface area contributed by atoms with Crippen LogP contribution >= 0.6 is 0 Å². The van der Waals surface area contributed by atoms with Crippen LogP contribution in [0.1, 0.15) is 5.56 Å². The van der Waals surface area contributed by atoms with Gasteiger partial charge in [0.25, 0.3) is 0 Å². The topological polar surface area (TPSA) is 12.9 Å². The highest BCUT2D eigenvalue weighted by Crippen LogP contribution is 2.60. The lowest BCUT2D eigenvalue weighted by molar-refractivity contribution is -0.435. The number of hydrogen-bond acceptors (Lipinski definition) is 1. The Labute approximate surface area is 141 Å². The van der Waals surface area contributed by atoms with Gasteiger partial charge in [-0.1, -0.05) is 5.92 Å². The number of pyridine rings is 1. The summed E-state index contributed by atoms with van der Waals surface area (Å²) < 4.78 is 166. The largest absolute Gasteiger partial charge is 0.460 e. The van der Waals surface area contributed by atoms with Crippen LogP contribution in [0.2, 0.25) is 0 Å². The van der Waals surface area contributed by atoms with Gasteiger partial charge in [-0.25, -0.2) is 0 Å². The second-order valence-electron chi connectivity index (χ2n) is 4.86. The highest BCUT2D eigenvalue weighted by atomic mass is 19.4. The molecule has 1 nitrogen and oxygen atoms in total. The first-order valence-electron chi connectivity index (χ1n) is 6.22. The summed E-state index contributed by atoms with van der Waals surface area (Å²) in [5.74, 6) is -36.0. The Morgan fingerprint density at radius 3 is 1.56 bits per heavy atom. The number of alkyl halides is 13. The van der Waals surface area contributed by atoms with E-state index >= 15 is 0 Å². The monoisotopic (exact) mass is 421 g/mol. The molecule has 152 valence electrons. The number of nitrogens with zero attached hydrogens (tertiary/aromatic N) is 1. The summed E-state index contributed by atoms with van der Waals surface area (Å²) in [5.41, 5.74) is -0.594. The van der Waals surface area contributed by atoms with E-state index in [9.17, 15) is 57.1 Å². The Bertz CT molecular complexity index is 724. The Balaban J connectivity index is 3.44. The molecule has 0 radical (unpaired) electrons. The smallest absolute Gasteiger partial charge is 0.263 e. The molecule has 0 atom stereocenters. The average molecular weight is 421 g/mol. The highest BCUT2D eigenvalue weighted by Gasteiger charge is 2.90. The van der Waals surface area contributed by atoms with E-state index in [1.165, 1.54) is 0 Å². The quantitative estimate of drug-likeness (QED) is 0.483. The molecule has 1 rings (SSSR count). The van der Waals surface area contributed by atoms with Crippen LogP contribution < -0.4 is 0 Å². The number of rotatable bonds is 4. The van der Waals surface area contributed by atoms with E-state index in [4.69, 9.17) is 0 Å². The number of aromatic nitrogens is 1. The Morgan fingerprint density at radius 1 is 0.667 bits per heavy atom. The normalized spacial score (nSPS) is 14.6. The van der Waals surface area contributed by atoms with Gasteiger partial charge >= 0.3 is 35.8 Å². The zero-order chi connectivity index (χ0) is 21.5. The molecule has 0 amide bonds. The lowest BCUT2D eigenvalue weighted by Crippen LogP contribution is -2.69. The van der Waals surface area contributed by atoms with Crippen molar-refractivity contribution in [2.45, 2.75) is 35.8 Å². The molecule has 1 heterocycles. The minimum absolute atomic E-state index is 0.171. The van der Waals surface area contributed by atoms with Crippen LogP contribution in [0.15, 0.2) is 24.5 Å². The van der Waals surface area contributed by atoms with Crippen LogP contribution in [0, 0.1) is 11.8 Å². The van der Waals surface area contributed by atoms with Crippen LogP contribution in [0.3, 0.4) is 0 Å². The maximum Gasteiger partial charge on any atom is 0.460 e. The molecule has 0 saturated carbocycles. The van der Waals surface area contributed by atoms with Crippen molar-refractivity contribution in [2.75, 3.05) is 0 Å². The van der Waals surface area contributed by atoms with Gasteiger partial charge in [0.2, 0.25) is 0 Å². The van der Waals surface area contributed by atoms with Gasteiger partial charge < -0.3 is 0 Å². The second-order valence-corrected chi connectivity index (χ2v) is 4.86. The first kappa shape index (κ1) is 22.8. The highest BCUT2D eigenvalue weighted by molar-refractivity contribution is 5.34. The number of hydrogen-bond donors (Lipinski definition) is 0. The molecule has 0 aliphatic heterocycles. The standard InChI is InChI=1S/C13H4F13N/c14-8(15,4-3-7-2-1-5-27-6-7)9(16,17)10(18,19)11(20,21)12(22,23)13(24,25)26/h1-2,5-6H. The first-order valence-corrected chi connectivity index (χ1v) is 6.22. The Kier molecular flexibility index (Phi) is 5.46. The van der Waals surface area contributed by atoms with Gasteiger partial charge in [0.05, 0.1) is 0 Å². The minimum atomic E-state index is -7.93. The van der Waals surface area contributed by atoms with E-state index in [0.717, 1.165) is 24.3 Å². The second kappa shape index (κ2) is 6.45. The van der Waals surface area contributed by atoms with Crippen molar-refractivity contribution < 1.29 is 57.1 Å². The zero-order valence-electron chi connectivity index (χ0n) is 12.2. The predicted molar refractivity (Wildman–Crippen MR) is 61.9 cm³/mol. The summed E-state index contributed by atoms with van der Waals surface area (Å²) >= 11 is 0. The van der Waals surface area contributed by atoms with E-state index in [1.807, 2.05) is 0 Å². The van der Waals surface area contributed by atoms with Gasteiger partial charge in [0.1, 0.15) is 0 Å². The molecule has 0 aliphatic rings. The molecular formula is C13H4F13N. The van der Waals surface area contributed by atoms with Gasteiger partial charge in [-0.15, -0.1) is 0 Å². The zero-order valence-corrected chi connectivity index (χ0v) is 12.2. The van der Waals surface area contributed by atoms with Crippen molar-refractivity contribution in [3.8, 4) is 11.8 Å². The van der Waals surface area contributed by atoms with Crippen LogP contribution in [0.4, 0.5) is 57.1 Å². The summed E-state index contributed by atoms with van der Waals surface area (Å²) in [7, 11) is 0. The molecule has 14 heteroatoms. The molecule has 0 saturated heterocycles. The van der Waals surface area contributed by atoms with Gasteiger partial charge in [-0.05, 0) is 18.1 Å². The fraction of sp³-hybridized carbons (Fsp3) is 0.462. The molecule has 0 aromatic carbocycles. The molecule has 0 fully saturated rings. The van der Waals surface area contributed by atoms with Crippen molar-refractivity contribution in [1.29, 1.82) is 0 Å². The molecular weight excluding hydrogens is 417 g/mol. The van der Waals surface area contributed by atoms with Crippen molar-refractivity contribution in [1.82, 2.24) is 4.98 Å². The summed E-state index contributed by atoms with van der Waals surface area (Å²) in [4.78, 5) is 3.27. The van der Waals surface area contributed by atoms with E-state index in [1.54, 1.807) is 0 Å². The SMILES string of the molecule is FC(F)(F)C(F)(F)C(F)(F)C(F)(F)C(F)(F)C(F)(F)C#Cc1cccnc1. The Morgan fingerprint density at radius 2 is 1.15 bits per heavy atom. The third-order valence-corrected chi connectivity index (χ3v) is 2.96. The summed E-state index contributed by atoms with van der Waals surface area (Å²) in [5, 5.41) is 0. The van der Waals surface area contributed by atoms with E-state index in [2.05, 4.69) is 4.98 Å². The van der Waals surface area contributed by atoms with E-state index in [0.29, 0.717) is 6.20 Å². The predicted octanol–water partition coefficient (Wildman–Crippen LogP) is 5.17. The molecule has 0 bridgehead atoms.